The van der Waals surface area contributed by atoms with Crippen molar-refractivity contribution in [2.45, 2.75) is 0 Å². The van der Waals surface area contributed by atoms with Crippen molar-refractivity contribution in [1.29, 1.82) is 0 Å². The van der Waals surface area contributed by atoms with Crippen LogP contribution >= 0.6 is 0 Å². The molecule has 0 atom stereocenters. The second-order valence-corrected chi connectivity index (χ2v) is 11.7. The van der Waals surface area contributed by atoms with E-state index >= 15 is 0 Å². The van der Waals surface area contributed by atoms with Gasteiger partial charge in [-0.3, -0.25) is 0 Å². The summed E-state index contributed by atoms with van der Waals surface area (Å²) in [5.74, 6) is 0. The van der Waals surface area contributed by atoms with Gasteiger partial charge in [0.25, 0.3) is 0 Å². The van der Waals surface area contributed by atoms with Crippen LogP contribution in [0.5, 0.6) is 0 Å². The Morgan fingerprint density at radius 3 is 1.36 bits per heavy atom. The number of para-hydroxylation sites is 1. The van der Waals surface area contributed by atoms with E-state index in [4.69, 9.17) is 8.83 Å². The zero-order valence-electron chi connectivity index (χ0n) is 23.7. The number of hydrogen-bond acceptors (Lipinski definition) is 2. The Balaban J connectivity index is 1.26. The first kappa shape index (κ1) is 23.7. The first-order chi connectivity index (χ1) is 21.8. The molecule has 2 heterocycles. The lowest BCUT2D eigenvalue weighted by atomic mass is 9.86. The fourth-order valence-electron chi connectivity index (χ4n) is 7.25. The van der Waals surface area contributed by atoms with Gasteiger partial charge in [0, 0.05) is 21.5 Å². The van der Waals surface area contributed by atoms with Crippen LogP contribution in [0.25, 0.3) is 98.4 Å². The summed E-state index contributed by atoms with van der Waals surface area (Å²) in [6.45, 7) is 0. The van der Waals surface area contributed by atoms with Gasteiger partial charge in [-0.05, 0) is 97.0 Å². The van der Waals surface area contributed by atoms with Gasteiger partial charge in [-0.2, -0.15) is 0 Å². The van der Waals surface area contributed by atoms with Gasteiger partial charge in [-0.15, -0.1) is 0 Å². The normalized spacial score (nSPS) is 12.1. The van der Waals surface area contributed by atoms with Crippen LogP contribution < -0.4 is 0 Å². The third-order valence-electron chi connectivity index (χ3n) is 9.21. The van der Waals surface area contributed by atoms with Gasteiger partial charge in [0.15, 0.2) is 0 Å². The number of benzene rings is 8. The highest BCUT2D eigenvalue weighted by atomic mass is 16.3. The second-order valence-electron chi connectivity index (χ2n) is 11.7. The van der Waals surface area contributed by atoms with E-state index in [1.165, 1.54) is 49.2 Å². The summed E-state index contributed by atoms with van der Waals surface area (Å²) < 4.78 is 12.6. The van der Waals surface area contributed by atoms with Crippen molar-refractivity contribution in [2.75, 3.05) is 0 Å². The zero-order chi connectivity index (χ0) is 28.8. The minimum atomic E-state index is 0.884. The molecule has 10 rings (SSSR count). The predicted molar refractivity (Wildman–Crippen MR) is 184 cm³/mol. The third-order valence-corrected chi connectivity index (χ3v) is 9.21. The molecule has 0 saturated heterocycles. The molecule has 2 heteroatoms. The van der Waals surface area contributed by atoms with Gasteiger partial charge >= 0.3 is 0 Å². The molecule has 10 aromatic rings. The fourth-order valence-corrected chi connectivity index (χ4v) is 7.25. The van der Waals surface area contributed by atoms with Crippen molar-refractivity contribution in [3.8, 4) is 22.3 Å². The molecule has 0 aliphatic carbocycles. The van der Waals surface area contributed by atoms with Gasteiger partial charge in [-0.25, -0.2) is 0 Å². The largest absolute Gasteiger partial charge is 0.456 e. The Hall–Kier alpha value is -5.86. The van der Waals surface area contributed by atoms with Crippen molar-refractivity contribution >= 4 is 76.2 Å². The number of rotatable bonds is 2. The van der Waals surface area contributed by atoms with Crippen molar-refractivity contribution < 1.29 is 8.83 Å². The lowest BCUT2D eigenvalue weighted by Crippen LogP contribution is -1.90. The van der Waals surface area contributed by atoms with Crippen LogP contribution in [0.1, 0.15) is 0 Å². The SMILES string of the molecule is c1ccc(-c2c3ccccc3c(-c3ccc4oc5cc6cc7oc8ccccc8c7cc6cc5c4c3)c3ccccc23)cc1. The minimum absolute atomic E-state index is 0.884. The average molecular weight is 561 g/mol. The molecule has 44 heavy (non-hydrogen) atoms. The van der Waals surface area contributed by atoms with E-state index in [0.717, 1.165) is 49.3 Å². The second kappa shape index (κ2) is 8.82. The quantitative estimate of drug-likeness (QED) is 0.197. The van der Waals surface area contributed by atoms with Crippen LogP contribution in [0.15, 0.2) is 154 Å². The van der Waals surface area contributed by atoms with Crippen LogP contribution in [0.2, 0.25) is 0 Å². The summed E-state index contributed by atoms with van der Waals surface area (Å²) in [4.78, 5) is 0. The van der Waals surface area contributed by atoms with Gasteiger partial charge in [0.1, 0.15) is 22.3 Å². The summed E-state index contributed by atoms with van der Waals surface area (Å²) in [6.07, 6.45) is 0. The van der Waals surface area contributed by atoms with Crippen LogP contribution in [-0.4, -0.2) is 0 Å². The van der Waals surface area contributed by atoms with Crippen molar-refractivity contribution in [1.82, 2.24) is 0 Å². The molecular formula is C42H24O2. The molecule has 0 bridgehead atoms. The molecule has 0 N–H and O–H groups in total. The van der Waals surface area contributed by atoms with E-state index in [-0.39, 0.29) is 0 Å². The Kier molecular flexibility index (Phi) is 4.75. The molecule has 0 radical (unpaired) electrons. The topological polar surface area (TPSA) is 26.3 Å². The van der Waals surface area contributed by atoms with Gasteiger partial charge < -0.3 is 8.83 Å². The first-order valence-electron chi connectivity index (χ1n) is 15.0. The molecule has 8 aromatic carbocycles. The molecular weight excluding hydrogens is 536 g/mol. The zero-order valence-corrected chi connectivity index (χ0v) is 23.7. The Morgan fingerprint density at radius 1 is 0.273 bits per heavy atom. The van der Waals surface area contributed by atoms with Crippen molar-refractivity contribution in [2.24, 2.45) is 0 Å². The average Bonchev–Trinajstić information content (AvgIpc) is 3.62. The van der Waals surface area contributed by atoms with Gasteiger partial charge in [0.2, 0.25) is 0 Å². The molecule has 0 unspecified atom stereocenters. The molecule has 0 spiro atoms. The van der Waals surface area contributed by atoms with E-state index in [2.05, 4.69) is 133 Å². The van der Waals surface area contributed by atoms with Crippen LogP contribution in [0.3, 0.4) is 0 Å². The van der Waals surface area contributed by atoms with E-state index in [0.29, 0.717) is 0 Å². The monoisotopic (exact) mass is 560 g/mol. The lowest BCUT2D eigenvalue weighted by molar-refractivity contribution is 0.668. The molecule has 204 valence electrons. The minimum Gasteiger partial charge on any atom is -0.456 e. The van der Waals surface area contributed by atoms with Crippen LogP contribution in [0.4, 0.5) is 0 Å². The molecule has 0 aliphatic heterocycles. The Morgan fingerprint density at radius 2 is 0.727 bits per heavy atom. The highest BCUT2D eigenvalue weighted by molar-refractivity contribution is 6.22. The predicted octanol–water partition coefficient (Wildman–Crippen LogP) is 12.3. The molecule has 0 fully saturated rings. The van der Waals surface area contributed by atoms with Gasteiger partial charge in [-0.1, -0.05) is 103 Å². The summed E-state index contributed by atoms with van der Waals surface area (Å²) in [5, 5.41) is 11.8. The number of fused-ring (bicyclic) bond motifs is 9. The highest BCUT2D eigenvalue weighted by Gasteiger charge is 2.18. The van der Waals surface area contributed by atoms with E-state index in [9.17, 15) is 0 Å². The molecule has 2 aromatic heterocycles. The molecule has 2 nitrogen and oxygen atoms in total. The van der Waals surface area contributed by atoms with Gasteiger partial charge in [0.05, 0.1) is 0 Å². The van der Waals surface area contributed by atoms with Crippen LogP contribution in [-0.2, 0) is 0 Å². The smallest absolute Gasteiger partial charge is 0.136 e. The molecule has 0 amide bonds. The maximum Gasteiger partial charge on any atom is 0.136 e. The highest BCUT2D eigenvalue weighted by Crippen LogP contribution is 2.45. The van der Waals surface area contributed by atoms with E-state index in [1.807, 2.05) is 12.1 Å². The maximum absolute atomic E-state index is 6.44. The number of hydrogen-bond donors (Lipinski definition) is 0. The fraction of sp³-hybridized carbons (Fsp3) is 0. The standard InChI is InChI=1S/C42H24O2/c1-2-10-25(11-3-1)41-30-13-4-6-15-32(30)42(33-16-7-5-14-31(33)41)26-18-19-38-35(20-26)36-22-27-21-34-29-12-8-9-17-37(29)43-39(34)23-28(27)24-40(36)44-38/h1-24H. The van der Waals surface area contributed by atoms with Crippen LogP contribution in [0, 0.1) is 0 Å². The summed E-state index contributed by atoms with van der Waals surface area (Å²) >= 11 is 0. The summed E-state index contributed by atoms with van der Waals surface area (Å²) in [5.41, 5.74) is 8.53. The molecule has 0 saturated carbocycles. The van der Waals surface area contributed by atoms with Crippen molar-refractivity contribution in [3.05, 3.63) is 146 Å². The Bertz CT molecular complexity index is 2700. The summed E-state index contributed by atoms with van der Waals surface area (Å²) in [7, 11) is 0. The van der Waals surface area contributed by atoms with E-state index in [1.54, 1.807) is 0 Å². The summed E-state index contributed by atoms with van der Waals surface area (Å²) in [6, 6.07) is 52.0. The third kappa shape index (κ3) is 3.31. The van der Waals surface area contributed by atoms with E-state index < -0.39 is 0 Å². The molecule has 0 aliphatic rings. The lowest BCUT2D eigenvalue weighted by Gasteiger charge is -2.17. The maximum atomic E-state index is 6.44. The van der Waals surface area contributed by atoms with Crippen molar-refractivity contribution in [3.63, 3.8) is 0 Å². The Labute approximate surface area is 252 Å². The number of furan rings is 2. The first-order valence-corrected chi connectivity index (χ1v) is 15.0.